The highest BCUT2D eigenvalue weighted by atomic mass is 35.5. The molecule has 0 aliphatic rings. The summed E-state index contributed by atoms with van der Waals surface area (Å²) in [5, 5.41) is 2.78. The molecule has 0 radical (unpaired) electrons. The zero-order chi connectivity index (χ0) is 11.3. The van der Waals surface area contributed by atoms with Crippen molar-refractivity contribution in [2.45, 2.75) is 20.4 Å². The maximum absolute atomic E-state index is 11.6. The molecule has 5 heteroatoms. The molecule has 0 fully saturated rings. The maximum atomic E-state index is 11.6. The number of amides is 2. The number of rotatable bonds is 4. The van der Waals surface area contributed by atoms with Gasteiger partial charge in [-0.15, -0.1) is 11.3 Å². The van der Waals surface area contributed by atoms with E-state index in [0.29, 0.717) is 19.6 Å². The molecule has 1 N–H and O–H groups in total. The summed E-state index contributed by atoms with van der Waals surface area (Å²) in [4.78, 5) is 14.4. The zero-order valence-electron chi connectivity index (χ0n) is 8.92. The Hall–Kier alpha value is -0.740. The number of carbonyl (C=O) groups is 1. The van der Waals surface area contributed by atoms with Gasteiger partial charge in [-0.2, -0.15) is 0 Å². The fraction of sp³-hybridized carbons (Fsp3) is 0.500. The van der Waals surface area contributed by atoms with Crippen molar-refractivity contribution in [3.05, 3.63) is 21.3 Å². The number of hydrogen-bond donors (Lipinski definition) is 1. The van der Waals surface area contributed by atoms with Gasteiger partial charge < -0.3 is 10.2 Å². The molecule has 84 valence electrons. The lowest BCUT2D eigenvalue weighted by molar-refractivity contribution is 0.199. The Kier molecular flexibility index (Phi) is 4.91. The van der Waals surface area contributed by atoms with Crippen molar-refractivity contribution in [1.29, 1.82) is 0 Å². The topological polar surface area (TPSA) is 32.3 Å². The number of thiophene rings is 1. The van der Waals surface area contributed by atoms with Crippen LogP contribution in [0, 0.1) is 0 Å². The van der Waals surface area contributed by atoms with Crippen molar-refractivity contribution < 1.29 is 4.79 Å². The van der Waals surface area contributed by atoms with E-state index in [1.165, 1.54) is 11.3 Å². The Labute approximate surface area is 99.0 Å². The SMILES string of the molecule is CCNC(=O)N(CC)Cc1ccc(Cl)s1. The van der Waals surface area contributed by atoms with Crippen LogP contribution in [0.5, 0.6) is 0 Å². The first-order valence-electron chi connectivity index (χ1n) is 4.94. The monoisotopic (exact) mass is 246 g/mol. The van der Waals surface area contributed by atoms with Crippen molar-refractivity contribution in [3.8, 4) is 0 Å². The minimum Gasteiger partial charge on any atom is -0.338 e. The van der Waals surface area contributed by atoms with Gasteiger partial charge in [-0.3, -0.25) is 0 Å². The Bertz CT molecular complexity index is 327. The molecule has 1 heterocycles. The average Bonchev–Trinajstić information content (AvgIpc) is 2.61. The van der Waals surface area contributed by atoms with Crippen LogP contribution in [0.2, 0.25) is 4.34 Å². The number of urea groups is 1. The first-order chi connectivity index (χ1) is 7.17. The van der Waals surface area contributed by atoms with Crippen LogP contribution in [0.4, 0.5) is 4.79 Å². The second-order valence-corrected chi connectivity index (χ2v) is 4.86. The molecule has 1 rings (SSSR count). The smallest absolute Gasteiger partial charge is 0.317 e. The van der Waals surface area contributed by atoms with E-state index in [4.69, 9.17) is 11.6 Å². The van der Waals surface area contributed by atoms with E-state index in [9.17, 15) is 4.79 Å². The van der Waals surface area contributed by atoms with E-state index in [0.717, 1.165) is 9.21 Å². The predicted molar refractivity (Wildman–Crippen MR) is 64.5 cm³/mol. The molecule has 0 atom stereocenters. The van der Waals surface area contributed by atoms with Gasteiger partial charge in [0.25, 0.3) is 0 Å². The zero-order valence-corrected chi connectivity index (χ0v) is 10.5. The van der Waals surface area contributed by atoms with Crippen molar-refractivity contribution in [1.82, 2.24) is 10.2 Å². The minimum absolute atomic E-state index is 0.0236. The van der Waals surface area contributed by atoms with E-state index in [1.807, 2.05) is 26.0 Å². The molecule has 0 saturated heterocycles. The lowest BCUT2D eigenvalue weighted by Gasteiger charge is -2.20. The molecular formula is C10H15ClN2OS. The lowest BCUT2D eigenvalue weighted by Crippen LogP contribution is -2.39. The Morgan fingerprint density at radius 2 is 2.27 bits per heavy atom. The van der Waals surface area contributed by atoms with Gasteiger partial charge in [0.2, 0.25) is 0 Å². The third kappa shape index (κ3) is 3.72. The number of hydrogen-bond acceptors (Lipinski definition) is 2. The van der Waals surface area contributed by atoms with Gasteiger partial charge in [-0.05, 0) is 26.0 Å². The van der Waals surface area contributed by atoms with Crippen molar-refractivity contribution in [3.63, 3.8) is 0 Å². The van der Waals surface area contributed by atoms with Crippen molar-refractivity contribution in [2.75, 3.05) is 13.1 Å². The summed E-state index contributed by atoms with van der Waals surface area (Å²) in [6.45, 7) is 5.85. The molecule has 2 amide bonds. The second-order valence-electron chi connectivity index (χ2n) is 3.06. The van der Waals surface area contributed by atoms with Gasteiger partial charge in [-0.1, -0.05) is 11.6 Å². The summed E-state index contributed by atoms with van der Waals surface area (Å²) in [6, 6.07) is 3.78. The van der Waals surface area contributed by atoms with Crippen LogP contribution in [-0.2, 0) is 6.54 Å². The molecule has 3 nitrogen and oxygen atoms in total. The van der Waals surface area contributed by atoms with E-state index in [-0.39, 0.29) is 6.03 Å². The van der Waals surface area contributed by atoms with Crippen LogP contribution in [0.15, 0.2) is 12.1 Å². The van der Waals surface area contributed by atoms with Gasteiger partial charge in [-0.25, -0.2) is 4.79 Å². The summed E-state index contributed by atoms with van der Waals surface area (Å²) in [5.41, 5.74) is 0. The first-order valence-corrected chi connectivity index (χ1v) is 6.13. The highest BCUT2D eigenvalue weighted by Gasteiger charge is 2.11. The molecule has 0 saturated carbocycles. The number of nitrogens with one attached hydrogen (secondary N) is 1. The first kappa shape index (κ1) is 12.3. The molecule has 0 unspecified atom stereocenters. The fourth-order valence-electron chi connectivity index (χ4n) is 1.22. The molecular weight excluding hydrogens is 232 g/mol. The summed E-state index contributed by atoms with van der Waals surface area (Å²) in [7, 11) is 0. The van der Waals surface area contributed by atoms with Gasteiger partial charge in [0, 0.05) is 18.0 Å². The molecule has 0 aliphatic heterocycles. The molecule has 0 aliphatic carbocycles. The third-order valence-electron chi connectivity index (χ3n) is 1.97. The molecule has 1 aromatic heterocycles. The average molecular weight is 247 g/mol. The van der Waals surface area contributed by atoms with Crippen LogP contribution >= 0.6 is 22.9 Å². The van der Waals surface area contributed by atoms with Gasteiger partial charge >= 0.3 is 6.03 Å². The number of nitrogens with zero attached hydrogens (tertiary/aromatic N) is 1. The second kappa shape index (κ2) is 5.98. The molecule has 0 aromatic carbocycles. The largest absolute Gasteiger partial charge is 0.338 e. The third-order valence-corrected chi connectivity index (χ3v) is 3.19. The van der Waals surface area contributed by atoms with E-state index in [1.54, 1.807) is 4.90 Å². The summed E-state index contributed by atoms with van der Waals surface area (Å²) >= 11 is 7.34. The van der Waals surface area contributed by atoms with Crippen LogP contribution in [0.3, 0.4) is 0 Å². The molecule has 15 heavy (non-hydrogen) atoms. The van der Waals surface area contributed by atoms with Gasteiger partial charge in [0.1, 0.15) is 0 Å². The normalized spacial score (nSPS) is 10.1. The summed E-state index contributed by atoms with van der Waals surface area (Å²) < 4.78 is 0.761. The number of halogens is 1. The van der Waals surface area contributed by atoms with Crippen LogP contribution < -0.4 is 5.32 Å². The standard InChI is InChI=1S/C10H15ClN2OS/c1-3-12-10(14)13(4-2)7-8-5-6-9(11)15-8/h5-6H,3-4,7H2,1-2H3,(H,12,14). The van der Waals surface area contributed by atoms with Gasteiger partial charge in [0.05, 0.1) is 10.9 Å². The molecule has 1 aromatic rings. The highest BCUT2D eigenvalue weighted by Crippen LogP contribution is 2.22. The van der Waals surface area contributed by atoms with Crippen LogP contribution in [0.25, 0.3) is 0 Å². The Morgan fingerprint density at radius 1 is 1.53 bits per heavy atom. The molecule has 0 spiro atoms. The quantitative estimate of drug-likeness (QED) is 0.871. The van der Waals surface area contributed by atoms with Crippen molar-refractivity contribution >= 4 is 29.0 Å². The predicted octanol–water partition coefficient (Wildman–Crippen LogP) is 2.95. The lowest BCUT2D eigenvalue weighted by atomic mass is 10.4. The van der Waals surface area contributed by atoms with Crippen LogP contribution in [0.1, 0.15) is 18.7 Å². The van der Waals surface area contributed by atoms with Crippen molar-refractivity contribution in [2.24, 2.45) is 0 Å². The number of carbonyl (C=O) groups excluding carboxylic acids is 1. The fourth-order valence-corrected chi connectivity index (χ4v) is 2.32. The maximum Gasteiger partial charge on any atom is 0.317 e. The Balaban J connectivity index is 2.57. The molecule has 0 bridgehead atoms. The highest BCUT2D eigenvalue weighted by molar-refractivity contribution is 7.16. The summed E-state index contributed by atoms with van der Waals surface area (Å²) in [6.07, 6.45) is 0. The van der Waals surface area contributed by atoms with E-state index in [2.05, 4.69) is 5.32 Å². The van der Waals surface area contributed by atoms with Crippen LogP contribution in [-0.4, -0.2) is 24.0 Å². The minimum atomic E-state index is -0.0236. The van der Waals surface area contributed by atoms with Gasteiger partial charge in [0.15, 0.2) is 0 Å². The summed E-state index contributed by atoms with van der Waals surface area (Å²) in [5.74, 6) is 0. The van der Waals surface area contributed by atoms with E-state index >= 15 is 0 Å². The Morgan fingerprint density at radius 3 is 2.73 bits per heavy atom. The van der Waals surface area contributed by atoms with E-state index < -0.39 is 0 Å².